The van der Waals surface area contributed by atoms with Crippen molar-refractivity contribution in [2.75, 3.05) is 6.54 Å². The van der Waals surface area contributed by atoms with Crippen LogP contribution in [-0.4, -0.2) is 28.4 Å². The third kappa shape index (κ3) is 2.88. The van der Waals surface area contributed by atoms with Gasteiger partial charge in [0.1, 0.15) is 0 Å². The van der Waals surface area contributed by atoms with E-state index in [4.69, 9.17) is 5.11 Å². The molecule has 1 aromatic rings. The summed E-state index contributed by atoms with van der Waals surface area (Å²) in [6.45, 7) is 0.734. The highest BCUT2D eigenvalue weighted by Gasteiger charge is 2.29. The van der Waals surface area contributed by atoms with Crippen LogP contribution >= 0.6 is 0 Å². The fourth-order valence-electron chi connectivity index (χ4n) is 2.44. The van der Waals surface area contributed by atoms with Crippen LogP contribution in [0.5, 0.6) is 0 Å². The summed E-state index contributed by atoms with van der Waals surface area (Å²) in [6.07, 6.45) is 2.01. The van der Waals surface area contributed by atoms with E-state index in [0.29, 0.717) is 12.8 Å². The Hall–Kier alpha value is -1.84. The zero-order valence-corrected chi connectivity index (χ0v) is 10.2. The lowest BCUT2D eigenvalue weighted by Gasteiger charge is -2.28. The number of amides is 1. The van der Waals surface area contributed by atoms with Crippen LogP contribution in [0, 0.1) is 0 Å². The molecule has 1 heterocycles. The number of rotatable bonds is 5. The maximum absolute atomic E-state index is 11.8. The van der Waals surface area contributed by atoms with E-state index < -0.39 is 5.97 Å². The van der Waals surface area contributed by atoms with E-state index in [1.807, 2.05) is 35.2 Å². The van der Waals surface area contributed by atoms with E-state index in [1.165, 1.54) is 0 Å². The predicted molar refractivity (Wildman–Crippen MR) is 67.0 cm³/mol. The van der Waals surface area contributed by atoms with Crippen molar-refractivity contribution in [1.29, 1.82) is 0 Å². The van der Waals surface area contributed by atoms with Gasteiger partial charge >= 0.3 is 5.97 Å². The molecule has 0 aliphatic carbocycles. The van der Waals surface area contributed by atoms with Crippen molar-refractivity contribution >= 4 is 11.9 Å². The molecule has 96 valence electrons. The van der Waals surface area contributed by atoms with Crippen molar-refractivity contribution in [3.63, 3.8) is 0 Å². The van der Waals surface area contributed by atoms with Crippen molar-refractivity contribution in [3.8, 4) is 0 Å². The monoisotopic (exact) mass is 247 g/mol. The van der Waals surface area contributed by atoms with Crippen molar-refractivity contribution < 1.29 is 14.7 Å². The average Bonchev–Trinajstić information content (AvgIpc) is 2.77. The van der Waals surface area contributed by atoms with Gasteiger partial charge in [0.15, 0.2) is 0 Å². The summed E-state index contributed by atoms with van der Waals surface area (Å²) in [7, 11) is 0. The number of hydrogen-bond acceptors (Lipinski definition) is 2. The van der Waals surface area contributed by atoms with E-state index in [2.05, 4.69) is 0 Å². The first-order chi connectivity index (χ1) is 8.68. The smallest absolute Gasteiger partial charge is 0.303 e. The third-order valence-corrected chi connectivity index (χ3v) is 3.30. The van der Waals surface area contributed by atoms with E-state index >= 15 is 0 Å². The zero-order chi connectivity index (χ0) is 13.0. The van der Waals surface area contributed by atoms with Gasteiger partial charge in [-0.25, -0.2) is 0 Å². The summed E-state index contributed by atoms with van der Waals surface area (Å²) in [5.74, 6) is -0.684. The van der Waals surface area contributed by atoms with Gasteiger partial charge in [-0.2, -0.15) is 0 Å². The maximum atomic E-state index is 11.8. The van der Waals surface area contributed by atoms with E-state index in [9.17, 15) is 9.59 Å². The van der Waals surface area contributed by atoms with Gasteiger partial charge in [0.25, 0.3) is 0 Å². The number of benzene rings is 1. The minimum atomic E-state index is -0.817. The molecule has 1 aliphatic heterocycles. The third-order valence-electron chi connectivity index (χ3n) is 3.30. The second kappa shape index (κ2) is 5.67. The van der Waals surface area contributed by atoms with E-state index in [-0.39, 0.29) is 18.4 Å². The molecule has 1 aliphatic rings. The van der Waals surface area contributed by atoms with Crippen molar-refractivity contribution in [1.82, 2.24) is 4.90 Å². The van der Waals surface area contributed by atoms with Gasteiger partial charge in [-0.1, -0.05) is 30.3 Å². The Morgan fingerprint density at radius 2 is 2.06 bits per heavy atom. The van der Waals surface area contributed by atoms with Crippen LogP contribution in [0.1, 0.15) is 37.3 Å². The molecule has 1 aromatic carbocycles. The highest BCUT2D eigenvalue weighted by molar-refractivity contribution is 5.78. The topological polar surface area (TPSA) is 57.6 Å². The number of carboxylic acid groups (broad SMARTS) is 1. The van der Waals surface area contributed by atoms with Gasteiger partial charge < -0.3 is 10.0 Å². The minimum Gasteiger partial charge on any atom is -0.481 e. The Balaban J connectivity index is 2.17. The minimum absolute atomic E-state index is 0.0866. The van der Waals surface area contributed by atoms with Gasteiger partial charge in [0.05, 0.1) is 6.04 Å². The zero-order valence-electron chi connectivity index (χ0n) is 10.2. The summed E-state index contributed by atoms with van der Waals surface area (Å²) in [6, 6.07) is 9.57. The number of carbonyl (C=O) groups excluding carboxylic acids is 1. The summed E-state index contributed by atoms with van der Waals surface area (Å²) < 4.78 is 0. The molecule has 0 saturated carbocycles. The van der Waals surface area contributed by atoms with Crippen molar-refractivity contribution in [2.24, 2.45) is 0 Å². The molecule has 4 heteroatoms. The first-order valence-corrected chi connectivity index (χ1v) is 6.24. The van der Waals surface area contributed by atoms with Crippen LogP contribution in [0.3, 0.4) is 0 Å². The van der Waals surface area contributed by atoms with Gasteiger partial charge in [-0.15, -0.1) is 0 Å². The number of nitrogens with zero attached hydrogens (tertiary/aromatic N) is 1. The fourth-order valence-corrected chi connectivity index (χ4v) is 2.44. The van der Waals surface area contributed by atoms with E-state index in [1.54, 1.807) is 0 Å². The molecule has 0 bridgehead atoms. The highest BCUT2D eigenvalue weighted by atomic mass is 16.4. The lowest BCUT2D eigenvalue weighted by atomic mass is 10.0. The first-order valence-electron chi connectivity index (χ1n) is 6.24. The molecule has 0 radical (unpaired) electrons. The molecule has 2 rings (SSSR count). The molecule has 1 fully saturated rings. The summed E-state index contributed by atoms with van der Waals surface area (Å²) in [4.78, 5) is 24.4. The second-order valence-electron chi connectivity index (χ2n) is 4.55. The summed E-state index contributed by atoms with van der Waals surface area (Å²) >= 11 is 0. The number of likely N-dealkylation sites (tertiary alicyclic amines) is 1. The normalized spacial score (nSPS) is 16.9. The molecule has 1 atom stereocenters. The Bertz CT molecular complexity index is 430. The number of hydrogen-bond donors (Lipinski definition) is 1. The van der Waals surface area contributed by atoms with Gasteiger partial charge in [0.2, 0.25) is 5.91 Å². The maximum Gasteiger partial charge on any atom is 0.303 e. The molecular weight excluding hydrogens is 230 g/mol. The Labute approximate surface area is 106 Å². The molecule has 1 saturated heterocycles. The Kier molecular flexibility index (Phi) is 3.97. The highest BCUT2D eigenvalue weighted by Crippen LogP contribution is 2.29. The lowest BCUT2D eigenvalue weighted by Crippen LogP contribution is -2.30. The molecule has 18 heavy (non-hydrogen) atoms. The molecule has 1 unspecified atom stereocenters. The van der Waals surface area contributed by atoms with Gasteiger partial charge in [-0.3, -0.25) is 9.59 Å². The molecule has 1 N–H and O–H groups in total. The average molecular weight is 247 g/mol. The second-order valence-corrected chi connectivity index (χ2v) is 4.55. The quantitative estimate of drug-likeness (QED) is 0.867. The Morgan fingerprint density at radius 1 is 1.33 bits per heavy atom. The molecular formula is C14H17NO3. The van der Waals surface area contributed by atoms with E-state index in [0.717, 1.165) is 18.5 Å². The largest absolute Gasteiger partial charge is 0.481 e. The SMILES string of the molecule is O=C(O)CCC(c1ccccc1)N1CCCC1=O. The predicted octanol–water partition coefficient (Wildman–Crippen LogP) is 2.21. The standard InChI is InChI=1S/C14H17NO3/c16-13-7-4-10-15(13)12(8-9-14(17)18)11-5-2-1-3-6-11/h1-3,5-6,12H,4,7-10H2,(H,17,18). The van der Waals surface area contributed by atoms with Crippen LogP contribution < -0.4 is 0 Å². The molecule has 4 nitrogen and oxygen atoms in total. The molecule has 0 aromatic heterocycles. The molecule has 0 spiro atoms. The van der Waals surface area contributed by atoms with Gasteiger partial charge in [0, 0.05) is 19.4 Å². The lowest BCUT2D eigenvalue weighted by molar-refractivity contribution is -0.138. The fraction of sp³-hybridized carbons (Fsp3) is 0.429. The number of carboxylic acids is 1. The Morgan fingerprint density at radius 3 is 2.61 bits per heavy atom. The van der Waals surface area contributed by atoms with Crippen molar-refractivity contribution in [2.45, 2.75) is 31.7 Å². The van der Waals surface area contributed by atoms with Crippen LogP contribution in [0.25, 0.3) is 0 Å². The summed E-state index contributed by atoms with van der Waals surface area (Å²) in [5, 5.41) is 8.81. The first kappa shape index (κ1) is 12.6. The number of carbonyl (C=O) groups is 2. The summed E-state index contributed by atoms with van der Waals surface area (Å²) in [5.41, 5.74) is 1.02. The molecule has 1 amide bonds. The number of aliphatic carboxylic acids is 1. The van der Waals surface area contributed by atoms with Crippen LogP contribution in [0.15, 0.2) is 30.3 Å². The van der Waals surface area contributed by atoms with Crippen LogP contribution in [-0.2, 0) is 9.59 Å². The van der Waals surface area contributed by atoms with Gasteiger partial charge in [-0.05, 0) is 18.4 Å². The van der Waals surface area contributed by atoms with Crippen molar-refractivity contribution in [3.05, 3.63) is 35.9 Å². The van der Waals surface area contributed by atoms with Crippen LogP contribution in [0.2, 0.25) is 0 Å². The van der Waals surface area contributed by atoms with Crippen LogP contribution in [0.4, 0.5) is 0 Å².